The van der Waals surface area contributed by atoms with Gasteiger partial charge < -0.3 is 18.0 Å². The van der Waals surface area contributed by atoms with Crippen molar-refractivity contribution in [3.05, 3.63) is 0 Å². The number of esters is 1. The van der Waals surface area contributed by atoms with E-state index in [1.165, 1.54) is 89.9 Å². The molecule has 0 aromatic rings. The molecule has 0 aromatic heterocycles. The molecule has 0 amide bonds. The van der Waals surface area contributed by atoms with Gasteiger partial charge in [-0.15, -0.1) is 0 Å². The lowest BCUT2D eigenvalue weighted by Gasteiger charge is -2.24. The molecule has 0 aliphatic heterocycles. The molecule has 0 aliphatic rings. The summed E-state index contributed by atoms with van der Waals surface area (Å²) in [7, 11) is 2.72. The van der Waals surface area contributed by atoms with Crippen molar-refractivity contribution in [2.75, 3.05) is 27.9 Å². The highest BCUT2D eigenvalue weighted by molar-refractivity contribution is 6.60. The first kappa shape index (κ1) is 29.6. The minimum absolute atomic E-state index is 0.0737. The second kappa shape index (κ2) is 21.8. The highest BCUT2D eigenvalue weighted by atomic mass is 28.4. The van der Waals surface area contributed by atoms with Gasteiger partial charge in [-0.2, -0.15) is 0 Å². The van der Waals surface area contributed by atoms with Gasteiger partial charge in [-0.1, -0.05) is 96.8 Å². The van der Waals surface area contributed by atoms with Gasteiger partial charge >= 0.3 is 14.8 Å². The van der Waals surface area contributed by atoms with Crippen molar-refractivity contribution in [2.24, 2.45) is 0 Å². The van der Waals surface area contributed by atoms with Gasteiger partial charge in [0.2, 0.25) is 0 Å². The van der Waals surface area contributed by atoms with E-state index < -0.39 is 8.80 Å². The minimum Gasteiger partial charge on any atom is -0.466 e. The predicted molar refractivity (Wildman–Crippen MR) is 127 cm³/mol. The zero-order valence-corrected chi connectivity index (χ0v) is 21.5. The third-order valence-electron chi connectivity index (χ3n) is 5.86. The van der Waals surface area contributed by atoms with E-state index in [0.717, 1.165) is 18.9 Å². The fraction of sp³-hybridized carbons (Fsp3) is 0.958. The average Bonchev–Trinajstić information content (AvgIpc) is 2.78. The zero-order valence-electron chi connectivity index (χ0n) is 20.5. The fourth-order valence-corrected chi connectivity index (χ4v) is 5.56. The smallest absolute Gasteiger partial charge is 0.466 e. The average molecular weight is 447 g/mol. The number of hydrogen-bond donors (Lipinski definition) is 0. The monoisotopic (exact) mass is 446 g/mol. The molecule has 0 spiro atoms. The maximum Gasteiger partial charge on any atom is 0.500 e. The number of ether oxygens (including phenoxy) is 1. The van der Waals surface area contributed by atoms with Gasteiger partial charge in [0, 0.05) is 33.8 Å². The first-order valence-electron chi connectivity index (χ1n) is 12.4. The fourth-order valence-electron chi connectivity index (χ4n) is 3.76. The van der Waals surface area contributed by atoms with Crippen LogP contribution >= 0.6 is 0 Å². The van der Waals surface area contributed by atoms with Crippen molar-refractivity contribution in [2.45, 2.75) is 122 Å². The molecule has 0 heterocycles. The molecule has 0 unspecified atom stereocenters. The van der Waals surface area contributed by atoms with Crippen molar-refractivity contribution in [1.82, 2.24) is 0 Å². The molecule has 0 fully saturated rings. The van der Waals surface area contributed by atoms with Gasteiger partial charge in [-0.25, -0.2) is 0 Å². The van der Waals surface area contributed by atoms with E-state index in [1.807, 2.05) is 6.92 Å². The van der Waals surface area contributed by atoms with E-state index in [-0.39, 0.29) is 5.97 Å². The van der Waals surface area contributed by atoms with Crippen LogP contribution in [0.2, 0.25) is 6.04 Å². The zero-order chi connectivity index (χ0) is 22.3. The number of rotatable bonds is 23. The molecule has 0 saturated heterocycles. The molecule has 6 heteroatoms. The summed E-state index contributed by atoms with van der Waals surface area (Å²) >= 11 is 0. The van der Waals surface area contributed by atoms with Crippen LogP contribution in [0.1, 0.15) is 116 Å². The third-order valence-corrected chi connectivity index (χ3v) is 8.69. The van der Waals surface area contributed by atoms with Gasteiger partial charge in [-0.3, -0.25) is 4.79 Å². The largest absolute Gasteiger partial charge is 0.500 e. The van der Waals surface area contributed by atoms with Gasteiger partial charge in [-0.05, 0) is 12.8 Å². The van der Waals surface area contributed by atoms with Crippen LogP contribution in [0.5, 0.6) is 0 Å². The summed E-state index contributed by atoms with van der Waals surface area (Å²) < 4.78 is 21.5. The number of unbranched alkanes of at least 4 members (excludes halogenated alkanes) is 15. The summed E-state index contributed by atoms with van der Waals surface area (Å²) in [6.45, 7) is 2.44. The molecule has 0 bridgehead atoms. The Kier molecular flexibility index (Phi) is 21.5. The summed E-state index contributed by atoms with van der Waals surface area (Å²) in [6.07, 6.45) is 21.4. The van der Waals surface area contributed by atoms with E-state index in [1.54, 1.807) is 21.3 Å². The van der Waals surface area contributed by atoms with Crippen LogP contribution in [-0.4, -0.2) is 42.7 Å². The van der Waals surface area contributed by atoms with Crippen LogP contribution in [-0.2, 0) is 22.8 Å². The lowest BCUT2D eigenvalue weighted by molar-refractivity contribution is -0.143. The molecule has 180 valence electrons. The second-order valence-corrected chi connectivity index (χ2v) is 11.4. The molecule has 5 nitrogen and oxygen atoms in total. The van der Waals surface area contributed by atoms with Gasteiger partial charge in [0.1, 0.15) is 0 Å². The van der Waals surface area contributed by atoms with Crippen molar-refractivity contribution < 1.29 is 22.8 Å². The topological polar surface area (TPSA) is 54.0 Å². The molecule has 0 aliphatic carbocycles. The molecule has 0 rings (SSSR count). The van der Waals surface area contributed by atoms with Crippen LogP contribution < -0.4 is 0 Å². The standard InChI is InChI=1S/C24H50O5Si/c1-5-24(25)29-22-20-18-16-14-12-10-8-6-7-9-11-13-15-17-19-21-23-30(26-2,27-3)28-4/h5-23H2,1-4H3. The Hall–Kier alpha value is -0.433. The first-order valence-corrected chi connectivity index (χ1v) is 14.4. The van der Waals surface area contributed by atoms with Crippen LogP contribution in [0.4, 0.5) is 0 Å². The molecule has 0 atom stereocenters. The molecule has 0 radical (unpaired) electrons. The summed E-state index contributed by atoms with van der Waals surface area (Å²) in [6, 6.07) is 0.922. The van der Waals surface area contributed by atoms with Crippen LogP contribution in [0.25, 0.3) is 0 Å². The minimum atomic E-state index is -2.35. The SMILES string of the molecule is CCC(=O)OCCCCCCCCCCCCCCCCCC[Si](OC)(OC)OC. The molecular formula is C24H50O5Si. The van der Waals surface area contributed by atoms with E-state index in [2.05, 4.69) is 0 Å². The maximum absolute atomic E-state index is 11.0. The second-order valence-electron chi connectivity index (χ2n) is 8.28. The molecule has 30 heavy (non-hydrogen) atoms. The molecule has 0 saturated carbocycles. The summed E-state index contributed by atoms with van der Waals surface area (Å²) in [4.78, 5) is 11.0. The van der Waals surface area contributed by atoms with Crippen LogP contribution in [0.3, 0.4) is 0 Å². The van der Waals surface area contributed by atoms with E-state index in [4.69, 9.17) is 18.0 Å². The first-order chi connectivity index (χ1) is 14.6. The summed E-state index contributed by atoms with van der Waals surface area (Å²) in [5.74, 6) is -0.0737. The van der Waals surface area contributed by atoms with Crippen molar-refractivity contribution in [3.63, 3.8) is 0 Å². The Morgan fingerprint density at radius 3 is 1.23 bits per heavy atom. The third kappa shape index (κ3) is 17.3. The predicted octanol–water partition coefficient (Wildman–Crippen LogP) is 7.06. The van der Waals surface area contributed by atoms with Gasteiger partial charge in [0.05, 0.1) is 6.61 Å². The molecule has 0 N–H and O–H groups in total. The maximum atomic E-state index is 11.0. The molecule has 0 aromatic carbocycles. The Morgan fingerprint density at radius 1 is 0.567 bits per heavy atom. The lowest BCUT2D eigenvalue weighted by atomic mass is 10.0. The van der Waals surface area contributed by atoms with Crippen LogP contribution in [0, 0.1) is 0 Å². The Labute approximate surface area is 187 Å². The van der Waals surface area contributed by atoms with E-state index in [0.29, 0.717) is 13.0 Å². The van der Waals surface area contributed by atoms with Crippen molar-refractivity contribution in [3.8, 4) is 0 Å². The number of carbonyl (C=O) groups is 1. The normalized spacial score (nSPS) is 11.7. The summed E-state index contributed by atoms with van der Waals surface area (Å²) in [5, 5.41) is 0. The van der Waals surface area contributed by atoms with E-state index >= 15 is 0 Å². The van der Waals surface area contributed by atoms with Gasteiger partial charge in [0.15, 0.2) is 0 Å². The Bertz CT molecular complexity index is 366. The molecular weight excluding hydrogens is 396 g/mol. The lowest BCUT2D eigenvalue weighted by Crippen LogP contribution is -2.42. The van der Waals surface area contributed by atoms with Crippen molar-refractivity contribution in [1.29, 1.82) is 0 Å². The Morgan fingerprint density at radius 2 is 0.900 bits per heavy atom. The summed E-state index contributed by atoms with van der Waals surface area (Å²) in [5.41, 5.74) is 0. The highest BCUT2D eigenvalue weighted by Gasteiger charge is 2.36. The highest BCUT2D eigenvalue weighted by Crippen LogP contribution is 2.19. The van der Waals surface area contributed by atoms with Crippen LogP contribution in [0.15, 0.2) is 0 Å². The Balaban J connectivity index is 3.21. The van der Waals surface area contributed by atoms with E-state index in [9.17, 15) is 4.79 Å². The quantitative estimate of drug-likeness (QED) is 0.0955. The number of carbonyl (C=O) groups excluding carboxylic acids is 1. The van der Waals surface area contributed by atoms with Crippen molar-refractivity contribution >= 4 is 14.8 Å². The van der Waals surface area contributed by atoms with Gasteiger partial charge in [0.25, 0.3) is 0 Å². The number of hydrogen-bond acceptors (Lipinski definition) is 5.